The first-order chi connectivity index (χ1) is 4.93. The maximum absolute atomic E-state index is 3.39. The van der Waals surface area contributed by atoms with Crippen molar-refractivity contribution in [3.63, 3.8) is 0 Å². The molecule has 1 fully saturated rings. The Bertz CT molecular complexity index is 101. The molecule has 1 aliphatic carbocycles. The minimum atomic E-state index is 0.768. The lowest BCUT2D eigenvalue weighted by atomic mass is 9.96. The summed E-state index contributed by atoms with van der Waals surface area (Å²) in [6, 6.07) is 0.768. The fraction of sp³-hybridized carbons (Fsp3) is 0.778. The van der Waals surface area contributed by atoms with Crippen LogP contribution in [0.1, 0.15) is 39.0 Å². The number of hydrogen-bond donors (Lipinski definition) is 1. The summed E-state index contributed by atoms with van der Waals surface area (Å²) in [4.78, 5) is 0. The molecule has 58 valence electrons. The van der Waals surface area contributed by atoms with E-state index in [2.05, 4.69) is 24.5 Å². The molecule has 0 atom stereocenters. The first-order valence-electron chi connectivity index (χ1n) is 4.30. The van der Waals surface area contributed by atoms with Crippen LogP contribution in [0, 0.1) is 0 Å². The molecular formula is C9H17N. The zero-order chi connectivity index (χ0) is 7.23. The van der Waals surface area contributed by atoms with E-state index in [0.29, 0.717) is 0 Å². The summed E-state index contributed by atoms with van der Waals surface area (Å²) in [7, 11) is 0. The van der Waals surface area contributed by atoms with E-state index in [1.807, 2.05) is 0 Å². The van der Waals surface area contributed by atoms with Gasteiger partial charge in [-0.2, -0.15) is 0 Å². The normalized spacial score (nSPS) is 21.7. The summed E-state index contributed by atoms with van der Waals surface area (Å²) in [6.07, 6.45) is 11.1. The number of hydrogen-bond acceptors (Lipinski definition) is 1. The zero-order valence-electron chi connectivity index (χ0n) is 6.77. The maximum atomic E-state index is 3.39. The molecule has 0 aromatic heterocycles. The van der Waals surface area contributed by atoms with Gasteiger partial charge in [0.25, 0.3) is 0 Å². The Kier molecular flexibility index (Phi) is 3.34. The molecule has 10 heavy (non-hydrogen) atoms. The predicted octanol–water partition coefficient (Wildman–Crippen LogP) is 2.44. The zero-order valence-corrected chi connectivity index (χ0v) is 6.77. The molecule has 1 saturated carbocycles. The Balaban J connectivity index is 2.13. The first kappa shape index (κ1) is 7.64. The van der Waals surface area contributed by atoms with Gasteiger partial charge in [-0.05, 0) is 26.0 Å². The van der Waals surface area contributed by atoms with Crippen LogP contribution in [-0.2, 0) is 0 Å². The summed E-state index contributed by atoms with van der Waals surface area (Å²) >= 11 is 0. The van der Waals surface area contributed by atoms with Crippen molar-refractivity contribution in [2.75, 3.05) is 0 Å². The van der Waals surface area contributed by atoms with Crippen LogP contribution in [0.25, 0.3) is 0 Å². The maximum Gasteiger partial charge on any atom is 0.0255 e. The smallest absolute Gasteiger partial charge is 0.0255 e. The van der Waals surface area contributed by atoms with Crippen LogP contribution in [0.3, 0.4) is 0 Å². The van der Waals surface area contributed by atoms with E-state index in [1.54, 1.807) is 0 Å². The molecule has 0 aromatic rings. The predicted molar refractivity (Wildman–Crippen MR) is 44.8 cm³/mol. The van der Waals surface area contributed by atoms with E-state index in [0.717, 1.165) is 6.04 Å². The third kappa shape index (κ3) is 2.42. The van der Waals surface area contributed by atoms with Gasteiger partial charge in [-0.3, -0.25) is 0 Å². The van der Waals surface area contributed by atoms with Gasteiger partial charge in [0, 0.05) is 6.04 Å². The van der Waals surface area contributed by atoms with Crippen LogP contribution in [0.5, 0.6) is 0 Å². The third-order valence-electron chi connectivity index (χ3n) is 2.10. The van der Waals surface area contributed by atoms with Crippen LogP contribution >= 0.6 is 0 Å². The molecule has 1 N–H and O–H groups in total. The molecule has 1 aliphatic rings. The fourth-order valence-corrected chi connectivity index (χ4v) is 1.50. The second kappa shape index (κ2) is 4.37. The molecule has 0 aromatic carbocycles. The standard InChI is InChI=1S/C9H17N/c1-2-8-10-9-6-4-3-5-7-9/h2,8-10H,3-7H2,1H3/b8-2-. The minimum Gasteiger partial charge on any atom is -0.388 e. The van der Waals surface area contributed by atoms with Gasteiger partial charge >= 0.3 is 0 Å². The summed E-state index contributed by atoms with van der Waals surface area (Å²) in [5.74, 6) is 0. The van der Waals surface area contributed by atoms with Crippen LogP contribution in [0.4, 0.5) is 0 Å². The van der Waals surface area contributed by atoms with Gasteiger partial charge in [-0.25, -0.2) is 0 Å². The first-order valence-corrected chi connectivity index (χ1v) is 4.30. The molecule has 0 spiro atoms. The van der Waals surface area contributed by atoms with Gasteiger partial charge in [0.15, 0.2) is 0 Å². The Labute approximate surface area is 63.5 Å². The van der Waals surface area contributed by atoms with Gasteiger partial charge in [0.2, 0.25) is 0 Å². The molecular weight excluding hydrogens is 122 g/mol. The minimum absolute atomic E-state index is 0.768. The van der Waals surface area contributed by atoms with Crippen molar-refractivity contribution < 1.29 is 0 Å². The fourth-order valence-electron chi connectivity index (χ4n) is 1.50. The molecule has 0 radical (unpaired) electrons. The van der Waals surface area contributed by atoms with Crippen molar-refractivity contribution in [2.24, 2.45) is 0 Å². The van der Waals surface area contributed by atoms with Gasteiger partial charge in [-0.15, -0.1) is 0 Å². The summed E-state index contributed by atoms with van der Waals surface area (Å²) in [5.41, 5.74) is 0. The monoisotopic (exact) mass is 139 g/mol. The van der Waals surface area contributed by atoms with Crippen LogP contribution < -0.4 is 5.32 Å². The van der Waals surface area contributed by atoms with Gasteiger partial charge < -0.3 is 5.32 Å². The van der Waals surface area contributed by atoms with E-state index in [9.17, 15) is 0 Å². The molecule has 0 amide bonds. The molecule has 0 heterocycles. The van der Waals surface area contributed by atoms with Gasteiger partial charge in [-0.1, -0.05) is 25.3 Å². The van der Waals surface area contributed by atoms with E-state index in [1.165, 1.54) is 32.1 Å². The molecule has 1 nitrogen and oxygen atoms in total. The van der Waals surface area contributed by atoms with E-state index >= 15 is 0 Å². The van der Waals surface area contributed by atoms with Crippen molar-refractivity contribution in [1.82, 2.24) is 5.32 Å². The van der Waals surface area contributed by atoms with Crippen molar-refractivity contribution >= 4 is 0 Å². The Morgan fingerprint density at radius 3 is 2.50 bits per heavy atom. The highest BCUT2D eigenvalue weighted by Crippen LogP contribution is 2.16. The van der Waals surface area contributed by atoms with Gasteiger partial charge in [0.1, 0.15) is 0 Å². The number of allylic oxidation sites excluding steroid dienone is 1. The van der Waals surface area contributed by atoms with Crippen LogP contribution in [-0.4, -0.2) is 6.04 Å². The third-order valence-corrected chi connectivity index (χ3v) is 2.10. The Morgan fingerprint density at radius 2 is 1.90 bits per heavy atom. The molecule has 0 unspecified atom stereocenters. The van der Waals surface area contributed by atoms with E-state index < -0.39 is 0 Å². The Morgan fingerprint density at radius 1 is 1.20 bits per heavy atom. The van der Waals surface area contributed by atoms with Crippen LogP contribution in [0.15, 0.2) is 12.3 Å². The second-order valence-electron chi connectivity index (χ2n) is 3.00. The van der Waals surface area contributed by atoms with Crippen molar-refractivity contribution in [3.05, 3.63) is 12.3 Å². The molecule has 0 bridgehead atoms. The van der Waals surface area contributed by atoms with Crippen molar-refractivity contribution in [2.45, 2.75) is 45.1 Å². The van der Waals surface area contributed by atoms with Crippen molar-refractivity contribution in [1.29, 1.82) is 0 Å². The lowest BCUT2D eigenvalue weighted by Gasteiger charge is -2.21. The highest BCUT2D eigenvalue weighted by atomic mass is 14.9. The average Bonchev–Trinajstić information content (AvgIpc) is 2.03. The average molecular weight is 139 g/mol. The Hall–Kier alpha value is -0.460. The topological polar surface area (TPSA) is 12.0 Å². The largest absolute Gasteiger partial charge is 0.388 e. The van der Waals surface area contributed by atoms with Gasteiger partial charge in [0.05, 0.1) is 0 Å². The molecule has 1 rings (SSSR count). The quantitative estimate of drug-likeness (QED) is 0.619. The van der Waals surface area contributed by atoms with E-state index in [-0.39, 0.29) is 0 Å². The highest BCUT2D eigenvalue weighted by molar-refractivity contribution is 4.81. The van der Waals surface area contributed by atoms with E-state index in [4.69, 9.17) is 0 Å². The van der Waals surface area contributed by atoms with Crippen LogP contribution in [0.2, 0.25) is 0 Å². The lowest BCUT2D eigenvalue weighted by molar-refractivity contribution is 0.404. The molecule has 0 saturated heterocycles. The number of nitrogens with one attached hydrogen (secondary N) is 1. The molecule has 0 aliphatic heterocycles. The SMILES string of the molecule is C/C=C\NC1CCCCC1. The molecule has 1 heteroatoms. The highest BCUT2D eigenvalue weighted by Gasteiger charge is 2.09. The number of rotatable bonds is 2. The lowest BCUT2D eigenvalue weighted by Crippen LogP contribution is -2.26. The summed E-state index contributed by atoms with van der Waals surface area (Å²) < 4.78 is 0. The summed E-state index contributed by atoms with van der Waals surface area (Å²) in [6.45, 7) is 2.05. The summed E-state index contributed by atoms with van der Waals surface area (Å²) in [5, 5.41) is 3.39. The van der Waals surface area contributed by atoms with Crippen molar-refractivity contribution in [3.8, 4) is 0 Å². The second-order valence-corrected chi connectivity index (χ2v) is 3.00.